The Balaban J connectivity index is 1.51. The van der Waals surface area contributed by atoms with E-state index in [9.17, 15) is 4.79 Å². The van der Waals surface area contributed by atoms with E-state index in [4.69, 9.17) is 0 Å². The zero-order valence-electron chi connectivity index (χ0n) is 16.1. The molecule has 0 bridgehead atoms. The number of urea groups is 1. The molecule has 3 aromatic rings. The van der Waals surface area contributed by atoms with E-state index in [1.54, 1.807) is 12.4 Å². The van der Waals surface area contributed by atoms with Crippen LogP contribution >= 0.6 is 26.6 Å². The first-order chi connectivity index (χ1) is 14.1. The van der Waals surface area contributed by atoms with Crippen LogP contribution in [0, 0.1) is 0 Å². The molecule has 150 valence electrons. The monoisotopic (exact) mass is 470 g/mol. The number of anilines is 2. The van der Waals surface area contributed by atoms with Crippen molar-refractivity contribution in [1.82, 2.24) is 10.3 Å². The van der Waals surface area contributed by atoms with Gasteiger partial charge in [-0.15, -0.1) is 0 Å². The van der Waals surface area contributed by atoms with Gasteiger partial charge in [-0.05, 0) is 71.9 Å². The predicted octanol–water partition coefficient (Wildman–Crippen LogP) is 5.78. The van der Waals surface area contributed by atoms with Crippen molar-refractivity contribution in [2.45, 2.75) is 19.2 Å². The Kier molecular flexibility index (Phi) is 7.84. The average molecular weight is 471 g/mol. The highest BCUT2D eigenvalue weighted by atomic mass is 79.9. The largest absolute Gasteiger partial charge is 0.335 e. The van der Waals surface area contributed by atoms with Gasteiger partial charge in [0.2, 0.25) is 0 Å². The number of carbonyl (C=O) groups is 1. The summed E-state index contributed by atoms with van der Waals surface area (Å²) in [5, 5.41) is 7.86. The van der Waals surface area contributed by atoms with Crippen LogP contribution in [-0.4, -0.2) is 16.4 Å². The summed E-state index contributed by atoms with van der Waals surface area (Å²) in [7, 11) is -0.0767. The van der Waals surface area contributed by atoms with Crippen LogP contribution in [0.15, 0.2) is 77.5 Å². The van der Waals surface area contributed by atoms with Crippen molar-refractivity contribution in [3.05, 3.63) is 88.7 Å². The van der Waals surface area contributed by atoms with Crippen molar-refractivity contribution < 1.29 is 4.79 Å². The zero-order valence-corrected chi connectivity index (χ0v) is 18.5. The fourth-order valence-electron chi connectivity index (χ4n) is 2.57. The smallest absolute Gasteiger partial charge is 0.319 e. The lowest BCUT2D eigenvalue weighted by atomic mass is 10.2. The molecule has 3 rings (SSSR count). The third-order valence-corrected chi connectivity index (χ3v) is 6.35. The van der Waals surface area contributed by atoms with Gasteiger partial charge in [0.15, 0.2) is 0 Å². The van der Waals surface area contributed by atoms with Gasteiger partial charge in [0.25, 0.3) is 0 Å². The minimum atomic E-state index is -0.237. The molecule has 1 atom stereocenters. The number of carbonyl (C=O) groups excluding carboxylic acids is 1. The van der Waals surface area contributed by atoms with Crippen LogP contribution in [0.2, 0.25) is 0 Å². The first-order valence-corrected chi connectivity index (χ1v) is 11.4. The molecule has 5 nitrogen and oxygen atoms in total. The fourth-order valence-corrected chi connectivity index (χ4v) is 4.18. The summed E-state index contributed by atoms with van der Waals surface area (Å²) in [6.45, 7) is 2.53. The molecular weight excluding hydrogens is 448 g/mol. The first kappa shape index (κ1) is 21.1. The van der Waals surface area contributed by atoms with Crippen molar-refractivity contribution in [3.63, 3.8) is 0 Å². The van der Waals surface area contributed by atoms with Gasteiger partial charge in [0.1, 0.15) is 0 Å². The second kappa shape index (κ2) is 10.8. The van der Waals surface area contributed by atoms with Crippen LogP contribution in [0.4, 0.5) is 16.2 Å². The number of amides is 2. The molecule has 29 heavy (non-hydrogen) atoms. The van der Waals surface area contributed by atoms with Gasteiger partial charge in [-0.1, -0.05) is 38.7 Å². The van der Waals surface area contributed by atoms with E-state index in [0.29, 0.717) is 6.54 Å². The van der Waals surface area contributed by atoms with E-state index in [0.717, 1.165) is 27.2 Å². The SMILES string of the molecule is CC=S(Cc1ccc(Br)cc1)Nc1ccc(NC(=O)NCc2ccncc2)cc1. The van der Waals surface area contributed by atoms with E-state index in [-0.39, 0.29) is 16.7 Å². The summed E-state index contributed by atoms with van der Waals surface area (Å²) in [4.78, 5) is 16.0. The fraction of sp³-hybridized carbons (Fsp3) is 0.136. The molecule has 0 aliphatic heterocycles. The molecule has 0 aliphatic rings. The van der Waals surface area contributed by atoms with Crippen LogP contribution in [0.1, 0.15) is 18.1 Å². The minimum absolute atomic E-state index is 0.0767. The van der Waals surface area contributed by atoms with Gasteiger partial charge in [-0.3, -0.25) is 4.98 Å². The minimum Gasteiger partial charge on any atom is -0.335 e. The highest BCUT2D eigenvalue weighted by Crippen LogP contribution is 2.25. The molecule has 1 aromatic heterocycles. The third kappa shape index (κ3) is 7.03. The molecule has 1 unspecified atom stereocenters. The third-order valence-electron chi connectivity index (χ3n) is 4.11. The normalized spacial score (nSPS) is 11.7. The molecule has 2 amide bonds. The number of benzene rings is 2. The average Bonchev–Trinajstić information content (AvgIpc) is 2.75. The quantitative estimate of drug-likeness (QED) is 0.383. The highest BCUT2D eigenvalue weighted by Gasteiger charge is 2.03. The van der Waals surface area contributed by atoms with Crippen LogP contribution in [-0.2, 0) is 12.3 Å². The summed E-state index contributed by atoms with van der Waals surface area (Å²) in [6.07, 6.45) is 3.41. The summed E-state index contributed by atoms with van der Waals surface area (Å²) in [5.41, 5.74) is 4.05. The molecule has 3 N–H and O–H groups in total. The Morgan fingerprint density at radius 2 is 1.62 bits per heavy atom. The Morgan fingerprint density at radius 1 is 0.966 bits per heavy atom. The first-order valence-electron chi connectivity index (χ1n) is 9.16. The van der Waals surface area contributed by atoms with Crippen molar-refractivity contribution in [2.24, 2.45) is 0 Å². The maximum Gasteiger partial charge on any atom is 0.319 e. The predicted molar refractivity (Wildman–Crippen MR) is 127 cm³/mol. The molecule has 2 aromatic carbocycles. The molecule has 0 aliphatic carbocycles. The second-order valence-electron chi connectivity index (χ2n) is 6.28. The molecule has 0 saturated heterocycles. The van der Waals surface area contributed by atoms with Gasteiger partial charge in [0.05, 0.1) is 0 Å². The Hall–Kier alpha value is -2.64. The number of pyridine rings is 1. The lowest BCUT2D eigenvalue weighted by Crippen LogP contribution is -2.28. The number of nitrogens with one attached hydrogen (secondary N) is 3. The number of nitrogens with zero attached hydrogens (tertiary/aromatic N) is 1. The van der Waals surface area contributed by atoms with Gasteiger partial charge in [-0.2, -0.15) is 0 Å². The molecule has 0 spiro atoms. The highest BCUT2D eigenvalue weighted by molar-refractivity contribution is 9.10. The Morgan fingerprint density at radius 3 is 2.28 bits per heavy atom. The molecule has 0 radical (unpaired) electrons. The van der Waals surface area contributed by atoms with E-state index in [1.165, 1.54) is 5.56 Å². The van der Waals surface area contributed by atoms with E-state index in [1.807, 2.05) is 36.4 Å². The Labute approximate surface area is 182 Å². The van der Waals surface area contributed by atoms with Gasteiger partial charge >= 0.3 is 6.03 Å². The summed E-state index contributed by atoms with van der Waals surface area (Å²) >= 11 is 3.47. The maximum atomic E-state index is 12.1. The lowest BCUT2D eigenvalue weighted by molar-refractivity contribution is 0.251. The number of aromatic nitrogens is 1. The number of rotatable bonds is 7. The van der Waals surface area contributed by atoms with Crippen LogP contribution in [0.5, 0.6) is 0 Å². The van der Waals surface area contributed by atoms with Crippen LogP contribution < -0.4 is 15.4 Å². The number of hydrogen-bond acceptors (Lipinski definition) is 3. The maximum absolute atomic E-state index is 12.1. The lowest BCUT2D eigenvalue weighted by Gasteiger charge is -2.13. The standard InChI is InChI=1S/C22H23BrN4OS/c1-2-29(16-18-3-5-19(23)6-4-18)27-21-9-7-20(8-10-21)26-22(28)25-15-17-11-13-24-14-12-17/h2-14,27H,15-16H2,1H3,(H2,25,26,28). The molecule has 7 heteroatoms. The molecular formula is C22H23BrN4OS. The zero-order chi connectivity index (χ0) is 20.5. The summed E-state index contributed by atoms with van der Waals surface area (Å²) in [6, 6.07) is 19.6. The van der Waals surface area contributed by atoms with E-state index < -0.39 is 0 Å². The van der Waals surface area contributed by atoms with Crippen molar-refractivity contribution in [1.29, 1.82) is 0 Å². The topological polar surface area (TPSA) is 66.0 Å². The van der Waals surface area contributed by atoms with Crippen molar-refractivity contribution in [2.75, 3.05) is 10.0 Å². The van der Waals surface area contributed by atoms with Crippen molar-refractivity contribution in [3.8, 4) is 0 Å². The van der Waals surface area contributed by atoms with E-state index >= 15 is 0 Å². The summed E-state index contributed by atoms with van der Waals surface area (Å²) < 4.78 is 4.63. The van der Waals surface area contributed by atoms with Gasteiger partial charge in [-0.25, -0.2) is 4.79 Å². The number of halogens is 1. The van der Waals surface area contributed by atoms with Gasteiger partial charge in [0, 0.05) is 40.5 Å². The number of hydrogen-bond donors (Lipinski definition) is 3. The van der Waals surface area contributed by atoms with Crippen molar-refractivity contribution >= 4 is 49.4 Å². The molecule has 0 saturated carbocycles. The Bertz CT molecular complexity index is 960. The molecule has 1 heterocycles. The van der Waals surface area contributed by atoms with Crippen LogP contribution in [0.3, 0.4) is 0 Å². The summed E-state index contributed by atoms with van der Waals surface area (Å²) in [5.74, 6) is 0.932. The second-order valence-corrected chi connectivity index (χ2v) is 9.02. The van der Waals surface area contributed by atoms with E-state index in [2.05, 4.69) is 72.8 Å². The molecule has 0 fully saturated rings. The van der Waals surface area contributed by atoms with Gasteiger partial charge < -0.3 is 15.4 Å². The van der Waals surface area contributed by atoms with Crippen LogP contribution in [0.25, 0.3) is 0 Å².